The molecule has 2 atom stereocenters. The maximum absolute atomic E-state index is 8.63. The molecule has 1 N–H and O–H groups in total. The minimum atomic E-state index is 0.322. The zero-order valence-electron chi connectivity index (χ0n) is 15.8. The van der Waals surface area contributed by atoms with Gasteiger partial charge in [-0.15, -0.1) is 0 Å². The first kappa shape index (κ1) is 20.1. The van der Waals surface area contributed by atoms with Crippen molar-refractivity contribution in [3.8, 4) is 16.9 Å². The molecule has 2 unspecified atom stereocenters. The maximum atomic E-state index is 8.63. The number of phenols is 1. The zero-order valence-corrected chi connectivity index (χ0v) is 15.8. The summed E-state index contributed by atoms with van der Waals surface area (Å²) < 4.78 is 15.1. The van der Waals surface area contributed by atoms with Crippen LogP contribution in [-0.4, -0.2) is 43.7 Å². The summed E-state index contributed by atoms with van der Waals surface area (Å²) in [6.07, 6.45) is 0.785. The van der Waals surface area contributed by atoms with Gasteiger partial charge >= 0.3 is 0 Å². The van der Waals surface area contributed by atoms with Gasteiger partial charge in [-0.25, -0.2) is 0 Å². The Morgan fingerprint density at radius 3 is 1.29 bits per heavy atom. The standard InChI is InChI=1S/C12H10.C6H10O3.C6H6O/c1-3-7-11(8-4-1)12-9-5-2-6-10-12;1(5-3-8-5)7-2-6-4-9-6;7-6-4-2-1-3-5-6/h1-10H;5-6H,1-4H2;1-5,7H. The Hall–Kier alpha value is -2.66. The second kappa shape index (κ2) is 11.2. The van der Waals surface area contributed by atoms with Crippen molar-refractivity contribution in [2.75, 3.05) is 26.4 Å². The Labute approximate surface area is 166 Å². The normalized spacial score (nSPS) is 18.7. The summed E-state index contributed by atoms with van der Waals surface area (Å²) in [6, 6.07) is 29.5. The summed E-state index contributed by atoms with van der Waals surface area (Å²) in [6.45, 7) is 3.26. The lowest BCUT2D eigenvalue weighted by Gasteiger charge is -1.98. The van der Waals surface area contributed by atoms with E-state index in [1.54, 1.807) is 24.3 Å². The molecule has 4 heteroatoms. The van der Waals surface area contributed by atoms with Crippen LogP contribution in [0.2, 0.25) is 0 Å². The van der Waals surface area contributed by atoms with Gasteiger partial charge in [0.15, 0.2) is 0 Å². The second-order valence-corrected chi connectivity index (χ2v) is 6.52. The molecule has 0 aromatic heterocycles. The van der Waals surface area contributed by atoms with Gasteiger partial charge in [0.25, 0.3) is 0 Å². The number of benzene rings is 3. The molecule has 4 nitrogen and oxygen atoms in total. The van der Waals surface area contributed by atoms with Crippen LogP contribution in [0.5, 0.6) is 5.75 Å². The van der Waals surface area contributed by atoms with Crippen molar-refractivity contribution in [3.63, 3.8) is 0 Å². The quantitative estimate of drug-likeness (QED) is 0.662. The molecule has 3 aromatic carbocycles. The van der Waals surface area contributed by atoms with Crippen molar-refractivity contribution < 1.29 is 19.3 Å². The largest absolute Gasteiger partial charge is 0.508 e. The molecular weight excluding hydrogens is 352 g/mol. The highest BCUT2D eigenvalue weighted by Crippen LogP contribution is 2.17. The number of para-hydroxylation sites is 1. The average molecular weight is 378 g/mol. The summed E-state index contributed by atoms with van der Waals surface area (Å²) in [7, 11) is 0. The number of hydrogen-bond acceptors (Lipinski definition) is 4. The first-order valence-electron chi connectivity index (χ1n) is 9.46. The van der Waals surface area contributed by atoms with E-state index in [9.17, 15) is 0 Å². The van der Waals surface area contributed by atoms with Gasteiger partial charge in [-0.1, -0.05) is 78.9 Å². The molecule has 146 valence electrons. The zero-order chi connectivity index (χ0) is 19.4. The summed E-state index contributed by atoms with van der Waals surface area (Å²) >= 11 is 0. The number of phenolic OH excluding ortho intramolecular Hbond substituents is 1. The monoisotopic (exact) mass is 378 g/mol. The molecule has 0 radical (unpaired) electrons. The van der Waals surface area contributed by atoms with E-state index >= 15 is 0 Å². The number of aromatic hydroxyl groups is 1. The van der Waals surface area contributed by atoms with Gasteiger partial charge in [-0.2, -0.15) is 0 Å². The first-order valence-corrected chi connectivity index (χ1v) is 9.46. The Morgan fingerprint density at radius 2 is 1.00 bits per heavy atom. The van der Waals surface area contributed by atoms with Gasteiger partial charge in [-0.05, 0) is 23.3 Å². The Balaban J connectivity index is 0.000000125. The Kier molecular flexibility index (Phi) is 8.07. The lowest BCUT2D eigenvalue weighted by atomic mass is 10.1. The second-order valence-electron chi connectivity index (χ2n) is 6.52. The van der Waals surface area contributed by atoms with Crippen LogP contribution in [-0.2, 0) is 14.2 Å². The maximum Gasteiger partial charge on any atom is 0.115 e. The fourth-order valence-electron chi connectivity index (χ4n) is 2.35. The van der Waals surface area contributed by atoms with Crippen LogP contribution in [0, 0.1) is 0 Å². The van der Waals surface area contributed by atoms with Crippen LogP contribution in [0.3, 0.4) is 0 Å². The Morgan fingerprint density at radius 1 is 0.643 bits per heavy atom. The highest BCUT2D eigenvalue weighted by Gasteiger charge is 2.26. The SMILES string of the molecule is C(OCC1CO1)C1CO1.Oc1ccccc1.c1ccc(-c2ccccc2)cc1. The third-order valence-electron chi connectivity index (χ3n) is 4.05. The molecule has 5 rings (SSSR count). The third kappa shape index (κ3) is 8.35. The predicted molar refractivity (Wildman–Crippen MR) is 110 cm³/mol. The lowest BCUT2D eigenvalue weighted by Crippen LogP contribution is -2.06. The van der Waals surface area contributed by atoms with E-state index in [0.29, 0.717) is 18.0 Å². The van der Waals surface area contributed by atoms with Crippen molar-refractivity contribution >= 4 is 0 Å². The van der Waals surface area contributed by atoms with Crippen LogP contribution in [0.4, 0.5) is 0 Å². The lowest BCUT2D eigenvalue weighted by molar-refractivity contribution is 0.102. The molecule has 0 spiro atoms. The Bertz CT molecular complexity index is 720. The average Bonchev–Trinajstić information content (AvgIpc) is 3.67. The highest BCUT2D eigenvalue weighted by atomic mass is 16.6. The van der Waals surface area contributed by atoms with E-state index in [1.807, 2.05) is 18.2 Å². The van der Waals surface area contributed by atoms with E-state index in [-0.39, 0.29) is 0 Å². The smallest absolute Gasteiger partial charge is 0.115 e. The van der Waals surface area contributed by atoms with Crippen molar-refractivity contribution in [1.82, 2.24) is 0 Å². The molecule has 2 fully saturated rings. The predicted octanol–water partition coefficient (Wildman–Crippen LogP) is 4.55. The van der Waals surface area contributed by atoms with Gasteiger partial charge in [0.1, 0.15) is 18.0 Å². The van der Waals surface area contributed by atoms with Crippen molar-refractivity contribution in [2.45, 2.75) is 12.2 Å². The molecule has 2 heterocycles. The number of ether oxygens (including phenoxy) is 3. The minimum Gasteiger partial charge on any atom is -0.508 e. The molecule has 0 bridgehead atoms. The summed E-state index contributed by atoms with van der Waals surface area (Å²) in [5.74, 6) is 0.322. The fourth-order valence-corrected chi connectivity index (χ4v) is 2.35. The molecule has 0 aliphatic carbocycles. The van der Waals surface area contributed by atoms with E-state index in [2.05, 4.69) is 48.5 Å². The minimum absolute atomic E-state index is 0.322. The molecule has 3 aromatic rings. The van der Waals surface area contributed by atoms with Gasteiger partial charge < -0.3 is 19.3 Å². The van der Waals surface area contributed by atoms with Gasteiger partial charge in [-0.3, -0.25) is 0 Å². The van der Waals surface area contributed by atoms with E-state index in [0.717, 1.165) is 26.4 Å². The summed E-state index contributed by atoms with van der Waals surface area (Å²) in [5, 5.41) is 8.63. The van der Waals surface area contributed by atoms with Crippen LogP contribution < -0.4 is 0 Å². The van der Waals surface area contributed by atoms with Crippen LogP contribution in [0.25, 0.3) is 11.1 Å². The van der Waals surface area contributed by atoms with Crippen LogP contribution in [0.15, 0.2) is 91.0 Å². The van der Waals surface area contributed by atoms with Crippen molar-refractivity contribution in [2.24, 2.45) is 0 Å². The molecule has 28 heavy (non-hydrogen) atoms. The summed E-state index contributed by atoms with van der Waals surface area (Å²) in [4.78, 5) is 0. The number of epoxide rings is 2. The van der Waals surface area contributed by atoms with Crippen LogP contribution in [0.1, 0.15) is 0 Å². The first-order chi connectivity index (χ1) is 13.8. The van der Waals surface area contributed by atoms with Crippen LogP contribution >= 0.6 is 0 Å². The molecule has 0 saturated carbocycles. The van der Waals surface area contributed by atoms with E-state index in [4.69, 9.17) is 19.3 Å². The van der Waals surface area contributed by atoms with Gasteiger partial charge in [0.05, 0.1) is 26.4 Å². The van der Waals surface area contributed by atoms with Crippen molar-refractivity contribution in [3.05, 3.63) is 91.0 Å². The molecular formula is C24H26O4. The van der Waals surface area contributed by atoms with E-state index < -0.39 is 0 Å². The topological polar surface area (TPSA) is 54.5 Å². The summed E-state index contributed by atoms with van der Waals surface area (Å²) in [5.41, 5.74) is 2.55. The fraction of sp³-hybridized carbons (Fsp3) is 0.250. The number of rotatable bonds is 5. The van der Waals surface area contributed by atoms with Crippen molar-refractivity contribution in [1.29, 1.82) is 0 Å². The third-order valence-corrected chi connectivity index (χ3v) is 4.05. The van der Waals surface area contributed by atoms with Gasteiger partial charge in [0, 0.05) is 0 Å². The van der Waals surface area contributed by atoms with E-state index in [1.165, 1.54) is 11.1 Å². The van der Waals surface area contributed by atoms with Gasteiger partial charge in [0.2, 0.25) is 0 Å². The highest BCUT2D eigenvalue weighted by molar-refractivity contribution is 5.62. The number of hydrogen-bond donors (Lipinski definition) is 1. The molecule has 2 aliphatic heterocycles. The molecule has 2 aliphatic rings. The molecule has 0 amide bonds. The molecule has 2 saturated heterocycles.